The van der Waals surface area contributed by atoms with Gasteiger partial charge in [-0.25, -0.2) is 8.42 Å². The standard InChI is InChI=1S/C16H25N3O3S.ClH/c1-12(2)14-10-19(8-9-23(3,21)22)11-15(14)18-16(20)13-4-6-17-7-5-13;/h4-7,12,14-15H,8-11H2,1-3H3,(H,18,20);1H/t14-,15+;/m1./s1. The van der Waals surface area contributed by atoms with Crippen LogP contribution in [0.15, 0.2) is 24.5 Å². The minimum absolute atomic E-state index is 0. The first kappa shape index (κ1) is 20.9. The maximum atomic E-state index is 12.3. The Morgan fingerprint density at radius 2 is 1.96 bits per heavy atom. The molecule has 1 aromatic heterocycles. The van der Waals surface area contributed by atoms with Crippen molar-refractivity contribution in [2.45, 2.75) is 19.9 Å². The number of likely N-dealkylation sites (tertiary alicyclic amines) is 1. The van der Waals surface area contributed by atoms with E-state index in [0.29, 0.717) is 30.5 Å². The molecule has 2 atom stereocenters. The highest BCUT2D eigenvalue weighted by Gasteiger charge is 2.35. The molecule has 136 valence electrons. The molecule has 0 spiro atoms. The van der Waals surface area contributed by atoms with Crippen LogP contribution in [0.4, 0.5) is 0 Å². The number of carbonyl (C=O) groups is 1. The zero-order valence-corrected chi connectivity index (χ0v) is 15.9. The molecular weight excluding hydrogens is 350 g/mol. The SMILES string of the molecule is CC(C)[C@H]1CN(CCS(C)(=O)=O)C[C@@H]1NC(=O)c1ccncc1.Cl. The predicted octanol–water partition coefficient (Wildman–Crippen LogP) is 1.23. The van der Waals surface area contributed by atoms with Crippen LogP contribution in [0.2, 0.25) is 0 Å². The van der Waals surface area contributed by atoms with Crippen LogP contribution in [-0.2, 0) is 9.84 Å². The van der Waals surface area contributed by atoms with E-state index >= 15 is 0 Å². The molecule has 1 aromatic rings. The van der Waals surface area contributed by atoms with Crippen molar-refractivity contribution in [1.82, 2.24) is 15.2 Å². The molecule has 0 aliphatic carbocycles. The van der Waals surface area contributed by atoms with Crippen molar-refractivity contribution in [3.8, 4) is 0 Å². The lowest BCUT2D eigenvalue weighted by atomic mass is 9.91. The van der Waals surface area contributed by atoms with Crippen molar-refractivity contribution in [3.63, 3.8) is 0 Å². The number of sulfone groups is 1. The van der Waals surface area contributed by atoms with Crippen molar-refractivity contribution >= 4 is 28.2 Å². The van der Waals surface area contributed by atoms with Crippen molar-refractivity contribution in [3.05, 3.63) is 30.1 Å². The second-order valence-electron chi connectivity index (χ2n) is 6.61. The van der Waals surface area contributed by atoms with Crippen LogP contribution in [0.3, 0.4) is 0 Å². The maximum Gasteiger partial charge on any atom is 0.251 e. The third kappa shape index (κ3) is 6.03. The van der Waals surface area contributed by atoms with Crippen LogP contribution in [0.25, 0.3) is 0 Å². The molecule has 0 aromatic carbocycles. The summed E-state index contributed by atoms with van der Waals surface area (Å²) in [6.45, 7) is 6.29. The summed E-state index contributed by atoms with van der Waals surface area (Å²) < 4.78 is 22.7. The van der Waals surface area contributed by atoms with Crippen LogP contribution in [0.5, 0.6) is 0 Å². The predicted molar refractivity (Wildman–Crippen MR) is 97.2 cm³/mol. The number of aromatic nitrogens is 1. The van der Waals surface area contributed by atoms with Gasteiger partial charge in [0.05, 0.1) is 5.75 Å². The molecule has 2 rings (SSSR count). The summed E-state index contributed by atoms with van der Waals surface area (Å²) in [5.74, 6) is 0.789. The van der Waals surface area contributed by atoms with Gasteiger partial charge in [0.15, 0.2) is 0 Å². The van der Waals surface area contributed by atoms with Crippen molar-refractivity contribution in [2.75, 3.05) is 31.6 Å². The van der Waals surface area contributed by atoms with Crippen molar-refractivity contribution in [2.24, 2.45) is 11.8 Å². The number of rotatable bonds is 6. The quantitative estimate of drug-likeness (QED) is 0.809. The van der Waals surface area contributed by atoms with E-state index in [2.05, 4.69) is 29.0 Å². The van der Waals surface area contributed by atoms with Crippen LogP contribution < -0.4 is 5.32 Å². The van der Waals surface area contributed by atoms with Gasteiger partial charge in [0.2, 0.25) is 0 Å². The van der Waals surface area contributed by atoms with Gasteiger partial charge < -0.3 is 5.32 Å². The molecule has 24 heavy (non-hydrogen) atoms. The van der Waals surface area contributed by atoms with Gasteiger partial charge in [-0.2, -0.15) is 0 Å². The highest BCUT2D eigenvalue weighted by atomic mass is 35.5. The topological polar surface area (TPSA) is 79.4 Å². The lowest BCUT2D eigenvalue weighted by Crippen LogP contribution is -2.42. The Kier molecular flexibility index (Phi) is 7.63. The average Bonchev–Trinajstić information content (AvgIpc) is 2.88. The molecule has 1 aliphatic rings. The Morgan fingerprint density at radius 1 is 1.33 bits per heavy atom. The third-order valence-electron chi connectivity index (χ3n) is 4.33. The molecule has 6 nitrogen and oxygen atoms in total. The van der Waals surface area contributed by atoms with Gasteiger partial charge in [0.25, 0.3) is 5.91 Å². The number of hydrogen-bond donors (Lipinski definition) is 1. The first-order valence-electron chi connectivity index (χ1n) is 7.87. The fourth-order valence-electron chi connectivity index (χ4n) is 2.97. The molecule has 0 radical (unpaired) electrons. The second kappa shape index (κ2) is 8.78. The van der Waals surface area contributed by atoms with Gasteiger partial charge in [-0.1, -0.05) is 13.8 Å². The molecule has 2 heterocycles. The number of hydrogen-bond acceptors (Lipinski definition) is 5. The fraction of sp³-hybridized carbons (Fsp3) is 0.625. The summed E-state index contributed by atoms with van der Waals surface area (Å²) in [7, 11) is -2.97. The molecule has 1 fully saturated rings. The fourth-order valence-corrected chi connectivity index (χ4v) is 3.56. The molecular formula is C16H26ClN3O3S. The van der Waals surface area contributed by atoms with Crippen molar-refractivity contribution < 1.29 is 13.2 Å². The monoisotopic (exact) mass is 375 g/mol. The normalized spacial score (nSPS) is 21.5. The number of nitrogens with zero attached hydrogens (tertiary/aromatic N) is 2. The van der Waals surface area contributed by atoms with Gasteiger partial charge in [-0.15, -0.1) is 12.4 Å². The highest BCUT2D eigenvalue weighted by molar-refractivity contribution is 7.90. The van der Waals surface area contributed by atoms with Gasteiger partial charge in [-0.05, 0) is 24.0 Å². The Hall–Kier alpha value is -1.18. The smallest absolute Gasteiger partial charge is 0.251 e. The van der Waals surface area contributed by atoms with Crippen LogP contribution in [0.1, 0.15) is 24.2 Å². The molecule has 1 amide bonds. The number of nitrogens with one attached hydrogen (secondary N) is 1. The summed E-state index contributed by atoms with van der Waals surface area (Å²) in [5, 5.41) is 3.10. The Bertz CT molecular complexity index is 637. The van der Waals surface area contributed by atoms with E-state index in [-0.39, 0.29) is 30.1 Å². The average molecular weight is 376 g/mol. The highest BCUT2D eigenvalue weighted by Crippen LogP contribution is 2.24. The maximum absolute atomic E-state index is 12.3. The molecule has 8 heteroatoms. The summed E-state index contributed by atoms with van der Waals surface area (Å²) in [5.41, 5.74) is 0.595. The first-order chi connectivity index (χ1) is 10.8. The summed E-state index contributed by atoms with van der Waals surface area (Å²) >= 11 is 0. The lowest BCUT2D eigenvalue weighted by Gasteiger charge is -2.23. The van der Waals surface area contributed by atoms with Gasteiger partial charge in [0, 0.05) is 49.9 Å². The lowest BCUT2D eigenvalue weighted by molar-refractivity contribution is 0.0925. The van der Waals surface area contributed by atoms with E-state index in [1.807, 2.05) is 0 Å². The van der Waals surface area contributed by atoms with E-state index in [1.54, 1.807) is 24.5 Å². The Morgan fingerprint density at radius 3 is 2.50 bits per heavy atom. The van der Waals surface area contributed by atoms with E-state index in [4.69, 9.17) is 0 Å². The van der Waals surface area contributed by atoms with Crippen LogP contribution in [-0.4, -0.2) is 61.9 Å². The summed E-state index contributed by atoms with van der Waals surface area (Å²) in [6.07, 6.45) is 4.45. The van der Waals surface area contributed by atoms with Crippen molar-refractivity contribution in [1.29, 1.82) is 0 Å². The van der Waals surface area contributed by atoms with Crippen LogP contribution in [0, 0.1) is 11.8 Å². The molecule has 1 N–H and O–H groups in total. The zero-order chi connectivity index (χ0) is 17.0. The molecule has 1 aliphatic heterocycles. The van der Waals surface area contributed by atoms with Gasteiger partial charge in [0.1, 0.15) is 9.84 Å². The number of carbonyl (C=O) groups excluding carboxylic acids is 1. The molecule has 0 bridgehead atoms. The summed E-state index contributed by atoms with van der Waals surface area (Å²) in [4.78, 5) is 18.4. The summed E-state index contributed by atoms with van der Waals surface area (Å²) in [6, 6.07) is 3.42. The van der Waals surface area contributed by atoms with E-state index < -0.39 is 9.84 Å². The Labute approximate surface area is 150 Å². The minimum atomic E-state index is -2.97. The zero-order valence-electron chi connectivity index (χ0n) is 14.3. The van der Waals surface area contributed by atoms with Crippen LogP contribution >= 0.6 is 12.4 Å². The molecule has 0 saturated carbocycles. The first-order valence-corrected chi connectivity index (χ1v) is 9.93. The van der Waals surface area contributed by atoms with Gasteiger partial charge in [-0.3, -0.25) is 14.7 Å². The number of pyridine rings is 1. The van der Waals surface area contributed by atoms with Gasteiger partial charge >= 0.3 is 0 Å². The molecule has 1 saturated heterocycles. The third-order valence-corrected chi connectivity index (χ3v) is 5.26. The van der Waals surface area contributed by atoms with E-state index in [1.165, 1.54) is 6.26 Å². The number of halogens is 1. The number of amides is 1. The second-order valence-corrected chi connectivity index (χ2v) is 8.87. The largest absolute Gasteiger partial charge is 0.348 e. The minimum Gasteiger partial charge on any atom is -0.348 e. The van der Waals surface area contributed by atoms with E-state index in [9.17, 15) is 13.2 Å². The Balaban J connectivity index is 0.00000288. The van der Waals surface area contributed by atoms with E-state index in [0.717, 1.165) is 6.54 Å². The molecule has 0 unspecified atom stereocenters.